The number of nitrogens with one attached hydrogen (secondary N) is 1. The van der Waals surface area contributed by atoms with E-state index in [0.29, 0.717) is 29.0 Å². The summed E-state index contributed by atoms with van der Waals surface area (Å²) in [5, 5.41) is 11.8. The van der Waals surface area contributed by atoms with Crippen molar-refractivity contribution in [1.82, 2.24) is 9.97 Å². The van der Waals surface area contributed by atoms with E-state index in [9.17, 15) is 9.59 Å². The molecule has 1 aliphatic rings. The van der Waals surface area contributed by atoms with Crippen LogP contribution in [-0.2, 0) is 9.53 Å². The van der Waals surface area contributed by atoms with Gasteiger partial charge in [-0.2, -0.15) is 0 Å². The van der Waals surface area contributed by atoms with Gasteiger partial charge in [0.15, 0.2) is 5.58 Å². The van der Waals surface area contributed by atoms with Gasteiger partial charge in [0.05, 0.1) is 6.61 Å². The number of oxazole rings is 1. The van der Waals surface area contributed by atoms with E-state index >= 15 is 0 Å². The molecular formula is C17H13N3O5. The van der Waals surface area contributed by atoms with E-state index in [1.165, 1.54) is 12.3 Å². The molecule has 25 heavy (non-hydrogen) atoms. The molecule has 1 aromatic carbocycles. The van der Waals surface area contributed by atoms with Crippen LogP contribution in [0.3, 0.4) is 0 Å². The number of carbonyl (C=O) groups excluding carboxylic acids is 1. The van der Waals surface area contributed by atoms with Crippen LogP contribution in [0.2, 0.25) is 0 Å². The fraction of sp³-hybridized carbons (Fsp3) is 0.176. The lowest BCUT2D eigenvalue weighted by molar-refractivity contribution is -0.139. The summed E-state index contributed by atoms with van der Waals surface area (Å²) in [5.41, 5.74) is 2.09. The Labute approximate surface area is 141 Å². The maximum atomic E-state index is 11.9. The average Bonchev–Trinajstić information content (AvgIpc) is 2.96. The van der Waals surface area contributed by atoms with E-state index in [2.05, 4.69) is 15.3 Å². The van der Waals surface area contributed by atoms with Gasteiger partial charge in [0.1, 0.15) is 17.3 Å². The number of benzene rings is 1. The van der Waals surface area contributed by atoms with Crippen LogP contribution in [0.1, 0.15) is 16.9 Å². The minimum Gasteiger partial charge on any atom is -0.477 e. The predicted molar refractivity (Wildman–Crippen MR) is 87.2 cm³/mol. The summed E-state index contributed by atoms with van der Waals surface area (Å²) < 4.78 is 10.8. The van der Waals surface area contributed by atoms with Crippen molar-refractivity contribution in [1.29, 1.82) is 0 Å². The Bertz CT molecular complexity index is 977. The first kappa shape index (κ1) is 15.3. The van der Waals surface area contributed by atoms with Crippen LogP contribution in [-0.4, -0.2) is 39.7 Å². The van der Waals surface area contributed by atoms with Gasteiger partial charge in [-0.1, -0.05) is 0 Å². The number of amides is 1. The number of carbonyl (C=O) groups is 2. The molecule has 1 atom stereocenters. The minimum atomic E-state index is -1.12. The average molecular weight is 339 g/mol. The maximum absolute atomic E-state index is 11.9. The van der Waals surface area contributed by atoms with Gasteiger partial charge >= 0.3 is 5.97 Å². The van der Waals surface area contributed by atoms with Gasteiger partial charge in [0.2, 0.25) is 5.89 Å². The van der Waals surface area contributed by atoms with Gasteiger partial charge in [0, 0.05) is 23.9 Å². The number of carboxylic acids is 1. The van der Waals surface area contributed by atoms with Crippen molar-refractivity contribution >= 4 is 28.7 Å². The van der Waals surface area contributed by atoms with Gasteiger partial charge in [0.25, 0.3) is 5.91 Å². The second-order valence-corrected chi connectivity index (χ2v) is 5.57. The molecule has 0 aliphatic carbocycles. The monoisotopic (exact) mass is 339 g/mol. The topological polar surface area (TPSA) is 115 Å². The van der Waals surface area contributed by atoms with Crippen LogP contribution < -0.4 is 5.32 Å². The molecule has 2 aromatic heterocycles. The molecule has 1 saturated heterocycles. The molecule has 4 rings (SSSR count). The van der Waals surface area contributed by atoms with Crippen molar-refractivity contribution < 1.29 is 23.8 Å². The molecule has 8 heteroatoms. The Hall–Kier alpha value is -3.26. The van der Waals surface area contributed by atoms with Gasteiger partial charge in [-0.3, -0.25) is 4.79 Å². The number of pyridine rings is 1. The van der Waals surface area contributed by atoms with E-state index in [0.717, 1.165) is 6.42 Å². The van der Waals surface area contributed by atoms with Crippen molar-refractivity contribution in [2.24, 2.45) is 0 Å². The highest BCUT2D eigenvalue weighted by molar-refractivity contribution is 5.96. The highest BCUT2D eigenvalue weighted by Gasteiger charge is 2.26. The fourth-order valence-corrected chi connectivity index (χ4v) is 2.47. The standard InChI is InChI=1S/C17H13N3O5/c21-15(14-4-6-24-14)19-10-1-2-13-11(8-10)20-16(25-13)9-3-5-18-12(7-9)17(22)23/h1-3,5,7-8,14H,4,6H2,(H,19,21)(H,22,23). The first-order valence-corrected chi connectivity index (χ1v) is 7.63. The molecule has 0 saturated carbocycles. The number of aromatic carboxylic acids is 1. The molecule has 2 N–H and O–H groups in total. The summed E-state index contributed by atoms with van der Waals surface area (Å²) in [6.07, 6.45) is 1.71. The van der Waals surface area contributed by atoms with Crippen molar-refractivity contribution in [2.45, 2.75) is 12.5 Å². The summed E-state index contributed by atoms with van der Waals surface area (Å²) in [5.74, 6) is -1.03. The molecule has 3 heterocycles. The number of fused-ring (bicyclic) bond motifs is 1. The largest absolute Gasteiger partial charge is 0.477 e. The minimum absolute atomic E-state index is 0.0896. The lowest BCUT2D eigenvalue weighted by atomic mass is 10.1. The Morgan fingerprint density at radius 3 is 2.80 bits per heavy atom. The zero-order chi connectivity index (χ0) is 17.4. The number of aromatic nitrogens is 2. The summed E-state index contributed by atoms with van der Waals surface area (Å²) in [7, 11) is 0. The molecule has 1 aliphatic heterocycles. The zero-order valence-electron chi connectivity index (χ0n) is 12.9. The molecule has 1 amide bonds. The summed E-state index contributed by atoms with van der Waals surface area (Å²) in [6, 6.07) is 8.11. The predicted octanol–water partition coefficient (Wildman–Crippen LogP) is 2.32. The lowest BCUT2D eigenvalue weighted by Gasteiger charge is -2.24. The number of carboxylic acid groups (broad SMARTS) is 1. The molecule has 126 valence electrons. The first-order chi connectivity index (χ1) is 12.1. The van der Waals surface area contributed by atoms with E-state index in [4.69, 9.17) is 14.3 Å². The van der Waals surface area contributed by atoms with Gasteiger partial charge in [-0.15, -0.1) is 0 Å². The highest BCUT2D eigenvalue weighted by Crippen LogP contribution is 2.26. The molecule has 1 unspecified atom stereocenters. The lowest BCUT2D eigenvalue weighted by Crippen LogP contribution is -2.38. The SMILES string of the molecule is O=C(O)c1cc(-c2nc3cc(NC(=O)C4CCO4)ccc3o2)ccn1. The van der Waals surface area contributed by atoms with E-state index in [1.807, 2.05) is 0 Å². The van der Waals surface area contributed by atoms with Crippen LogP contribution in [0.4, 0.5) is 5.69 Å². The van der Waals surface area contributed by atoms with Crippen molar-refractivity contribution in [3.63, 3.8) is 0 Å². The molecule has 0 spiro atoms. The molecular weight excluding hydrogens is 326 g/mol. The normalized spacial score (nSPS) is 16.4. The third-order valence-electron chi connectivity index (χ3n) is 3.87. The first-order valence-electron chi connectivity index (χ1n) is 7.63. The van der Waals surface area contributed by atoms with Crippen LogP contribution in [0.25, 0.3) is 22.6 Å². The zero-order valence-corrected chi connectivity index (χ0v) is 12.9. The number of ether oxygens (including phenoxy) is 1. The Morgan fingerprint density at radius 1 is 1.24 bits per heavy atom. The molecule has 1 fully saturated rings. The summed E-state index contributed by atoms with van der Waals surface area (Å²) in [6.45, 7) is 0.605. The van der Waals surface area contributed by atoms with Crippen LogP contribution >= 0.6 is 0 Å². The third-order valence-corrected chi connectivity index (χ3v) is 3.87. The smallest absolute Gasteiger partial charge is 0.354 e. The fourth-order valence-electron chi connectivity index (χ4n) is 2.47. The van der Waals surface area contributed by atoms with E-state index in [1.54, 1.807) is 24.3 Å². The maximum Gasteiger partial charge on any atom is 0.354 e. The number of hydrogen-bond donors (Lipinski definition) is 2. The molecule has 3 aromatic rings. The van der Waals surface area contributed by atoms with Crippen molar-refractivity contribution in [3.8, 4) is 11.5 Å². The van der Waals surface area contributed by atoms with Crippen LogP contribution in [0.15, 0.2) is 40.9 Å². The van der Waals surface area contributed by atoms with Crippen molar-refractivity contribution in [3.05, 3.63) is 42.2 Å². The molecule has 0 bridgehead atoms. The molecule has 0 radical (unpaired) electrons. The Kier molecular flexibility index (Phi) is 3.66. The van der Waals surface area contributed by atoms with Crippen LogP contribution in [0, 0.1) is 0 Å². The van der Waals surface area contributed by atoms with Crippen LogP contribution in [0.5, 0.6) is 0 Å². The number of nitrogens with zero attached hydrogens (tertiary/aromatic N) is 2. The second-order valence-electron chi connectivity index (χ2n) is 5.57. The third kappa shape index (κ3) is 2.94. The Balaban J connectivity index is 1.62. The van der Waals surface area contributed by atoms with E-state index < -0.39 is 12.1 Å². The second kappa shape index (κ2) is 5.99. The molecule has 8 nitrogen and oxygen atoms in total. The number of hydrogen-bond acceptors (Lipinski definition) is 6. The van der Waals surface area contributed by atoms with Gasteiger partial charge < -0.3 is 19.6 Å². The van der Waals surface area contributed by atoms with E-state index in [-0.39, 0.29) is 17.5 Å². The number of anilines is 1. The Morgan fingerprint density at radius 2 is 2.08 bits per heavy atom. The van der Waals surface area contributed by atoms with Gasteiger partial charge in [-0.05, 0) is 30.3 Å². The highest BCUT2D eigenvalue weighted by atomic mass is 16.5. The van der Waals surface area contributed by atoms with Gasteiger partial charge in [-0.25, -0.2) is 14.8 Å². The summed E-state index contributed by atoms with van der Waals surface area (Å²) >= 11 is 0. The van der Waals surface area contributed by atoms with Crippen molar-refractivity contribution in [2.75, 3.05) is 11.9 Å². The summed E-state index contributed by atoms with van der Waals surface area (Å²) in [4.78, 5) is 31.1. The quantitative estimate of drug-likeness (QED) is 0.749. The number of rotatable bonds is 4.